The molecule has 17 heavy (non-hydrogen) atoms. The van der Waals surface area contributed by atoms with Crippen LogP contribution in [0.4, 0.5) is 0 Å². The molecule has 1 aliphatic heterocycles. The van der Waals surface area contributed by atoms with Gasteiger partial charge in [0.25, 0.3) is 0 Å². The quantitative estimate of drug-likeness (QED) is 0.910. The van der Waals surface area contributed by atoms with Gasteiger partial charge < -0.3 is 5.11 Å². The standard InChI is InChI=1S/C9H11Cl2NO3S2/c1-9(13)2-3-12(5-9)17(14,15)6-4-7(10)16-8(6)11/h4,13H,2-3,5H2,1H3. The summed E-state index contributed by atoms with van der Waals surface area (Å²) < 4.78 is 26.2. The molecule has 96 valence electrons. The molecule has 0 spiro atoms. The maximum atomic E-state index is 12.2. The van der Waals surface area contributed by atoms with E-state index in [1.807, 2.05) is 0 Å². The van der Waals surface area contributed by atoms with E-state index < -0.39 is 15.6 Å². The zero-order valence-electron chi connectivity index (χ0n) is 8.98. The molecule has 4 nitrogen and oxygen atoms in total. The summed E-state index contributed by atoms with van der Waals surface area (Å²) in [6, 6.07) is 1.34. The molecule has 0 bridgehead atoms. The Labute approximate surface area is 114 Å². The minimum atomic E-state index is -3.65. The molecule has 0 radical (unpaired) electrons. The number of halogens is 2. The van der Waals surface area contributed by atoms with Crippen molar-refractivity contribution in [3.05, 3.63) is 14.7 Å². The predicted octanol–water partition coefficient (Wildman–Crippen LogP) is 2.20. The van der Waals surface area contributed by atoms with Gasteiger partial charge in [0.05, 0.1) is 9.94 Å². The van der Waals surface area contributed by atoms with Gasteiger partial charge in [-0.15, -0.1) is 11.3 Å². The number of hydrogen-bond donors (Lipinski definition) is 1. The normalized spacial score (nSPS) is 26.6. The van der Waals surface area contributed by atoms with Crippen LogP contribution in [0.15, 0.2) is 11.0 Å². The van der Waals surface area contributed by atoms with Crippen molar-refractivity contribution in [2.45, 2.75) is 23.8 Å². The average molecular weight is 316 g/mol. The first-order valence-electron chi connectivity index (χ1n) is 4.90. The Morgan fingerprint density at radius 1 is 1.53 bits per heavy atom. The Hall–Kier alpha value is 0.150. The number of sulfonamides is 1. The predicted molar refractivity (Wildman–Crippen MR) is 68.3 cm³/mol. The second kappa shape index (κ2) is 4.36. The van der Waals surface area contributed by atoms with Crippen molar-refractivity contribution >= 4 is 44.6 Å². The van der Waals surface area contributed by atoms with Crippen LogP contribution in [0.2, 0.25) is 8.67 Å². The third kappa shape index (κ3) is 2.62. The molecule has 0 aromatic carbocycles. The highest BCUT2D eigenvalue weighted by Crippen LogP contribution is 2.37. The van der Waals surface area contributed by atoms with Gasteiger partial charge in [0.1, 0.15) is 9.23 Å². The van der Waals surface area contributed by atoms with Gasteiger partial charge in [0.15, 0.2) is 0 Å². The molecular formula is C9H11Cl2NO3S2. The van der Waals surface area contributed by atoms with Crippen molar-refractivity contribution < 1.29 is 13.5 Å². The molecule has 1 aromatic heterocycles. The fourth-order valence-electron chi connectivity index (χ4n) is 1.75. The largest absolute Gasteiger partial charge is 0.389 e. The first-order chi connectivity index (χ1) is 7.72. The summed E-state index contributed by atoms with van der Waals surface area (Å²) in [7, 11) is -3.65. The Bertz CT molecular complexity index is 538. The maximum absolute atomic E-state index is 12.2. The molecule has 1 N–H and O–H groups in total. The maximum Gasteiger partial charge on any atom is 0.245 e. The second-order valence-corrected chi connectivity index (χ2v) is 8.47. The third-order valence-electron chi connectivity index (χ3n) is 2.66. The van der Waals surface area contributed by atoms with Crippen LogP contribution in [0.25, 0.3) is 0 Å². The van der Waals surface area contributed by atoms with Gasteiger partial charge in [0.2, 0.25) is 10.0 Å². The monoisotopic (exact) mass is 315 g/mol. The van der Waals surface area contributed by atoms with E-state index in [-0.39, 0.29) is 15.8 Å². The molecule has 8 heteroatoms. The van der Waals surface area contributed by atoms with Gasteiger partial charge in [-0.25, -0.2) is 8.42 Å². The van der Waals surface area contributed by atoms with E-state index in [0.717, 1.165) is 11.3 Å². The minimum absolute atomic E-state index is 0.0202. The Balaban J connectivity index is 2.35. The van der Waals surface area contributed by atoms with E-state index in [1.54, 1.807) is 6.92 Å². The summed E-state index contributed by atoms with van der Waals surface area (Å²) in [6.07, 6.45) is 0.418. The smallest absolute Gasteiger partial charge is 0.245 e. The molecular weight excluding hydrogens is 305 g/mol. The summed E-state index contributed by atoms with van der Waals surface area (Å²) >= 11 is 12.6. The van der Waals surface area contributed by atoms with E-state index >= 15 is 0 Å². The molecule has 0 aliphatic carbocycles. The molecule has 1 aromatic rings. The molecule has 1 atom stereocenters. The number of thiophene rings is 1. The highest BCUT2D eigenvalue weighted by molar-refractivity contribution is 7.89. The van der Waals surface area contributed by atoms with Gasteiger partial charge >= 0.3 is 0 Å². The van der Waals surface area contributed by atoms with E-state index in [2.05, 4.69) is 0 Å². The van der Waals surface area contributed by atoms with Crippen LogP contribution in [-0.4, -0.2) is 36.5 Å². The van der Waals surface area contributed by atoms with E-state index in [1.165, 1.54) is 10.4 Å². The lowest BCUT2D eigenvalue weighted by molar-refractivity contribution is 0.0762. The topological polar surface area (TPSA) is 57.6 Å². The second-order valence-electron chi connectivity index (χ2n) is 4.27. The van der Waals surface area contributed by atoms with Crippen molar-refractivity contribution in [3.63, 3.8) is 0 Å². The number of nitrogens with zero attached hydrogens (tertiary/aromatic N) is 1. The fraction of sp³-hybridized carbons (Fsp3) is 0.556. The lowest BCUT2D eigenvalue weighted by Gasteiger charge is -2.18. The highest BCUT2D eigenvalue weighted by Gasteiger charge is 2.39. The van der Waals surface area contributed by atoms with Gasteiger partial charge in [-0.2, -0.15) is 4.31 Å². The first kappa shape index (κ1) is 13.6. The van der Waals surface area contributed by atoms with Crippen LogP contribution in [0, 0.1) is 0 Å². The molecule has 2 rings (SSSR count). The van der Waals surface area contributed by atoms with Crippen molar-refractivity contribution in [2.24, 2.45) is 0 Å². The lowest BCUT2D eigenvalue weighted by Crippen LogP contribution is -2.33. The van der Waals surface area contributed by atoms with Crippen LogP contribution in [0.5, 0.6) is 0 Å². The van der Waals surface area contributed by atoms with Crippen LogP contribution in [0.1, 0.15) is 13.3 Å². The number of hydrogen-bond acceptors (Lipinski definition) is 4. The summed E-state index contributed by atoms with van der Waals surface area (Å²) in [5.41, 5.74) is -0.973. The van der Waals surface area contributed by atoms with E-state index in [0.29, 0.717) is 17.3 Å². The van der Waals surface area contributed by atoms with Crippen LogP contribution < -0.4 is 0 Å². The SMILES string of the molecule is CC1(O)CCN(S(=O)(=O)c2cc(Cl)sc2Cl)C1. The molecule has 1 saturated heterocycles. The minimum Gasteiger partial charge on any atom is -0.389 e. The zero-order chi connectivity index (χ0) is 12.8. The summed E-state index contributed by atoms with van der Waals surface area (Å²) in [5, 5.41) is 9.79. The summed E-state index contributed by atoms with van der Waals surface area (Å²) in [6.45, 7) is 1.99. The van der Waals surface area contributed by atoms with Gasteiger partial charge in [-0.3, -0.25) is 0 Å². The molecule has 0 saturated carbocycles. The van der Waals surface area contributed by atoms with Crippen molar-refractivity contribution in [1.29, 1.82) is 0 Å². The lowest BCUT2D eigenvalue weighted by atomic mass is 10.1. The molecule has 1 unspecified atom stereocenters. The summed E-state index contributed by atoms with van der Waals surface area (Å²) in [4.78, 5) is 0.0202. The molecule has 2 heterocycles. The number of β-amino-alcohol motifs (C(OH)–C–C–N with tert-alkyl or cyclic N) is 1. The van der Waals surface area contributed by atoms with Gasteiger partial charge in [-0.1, -0.05) is 23.2 Å². The molecule has 0 amide bonds. The summed E-state index contributed by atoms with van der Waals surface area (Å²) in [5.74, 6) is 0. The molecule has 1 fully saturated rings. The van der Waals surface area contributed by atoms with E-state index in [9.17, 15) is 13.5 Å². The van der Waals surface area contributed by atoms with Crippen molar-refractivity contribution in [3.8, 4) is 0 Å². The first-order valence-corrected chi connectivity index (χ1v) is 7.91. The fourth-order valence-corrected chi connectivity index (χ4v) is 5.42. The van der Waals surface area contributed by atoms with Crippen molar-refractivity contribution in [2.75, 3.05) is 13.1 Å². The van der Waals surface area contributed by atoms with Gasteiger partial charge in [0, 0.05) is 13.1 Å². The Morgan fingerprint density at radius 2 is 2.18 bits per heavy atom. The number of aliphatic hydroxyl groups is 1. The highest BCUT2D eigenvalue weighted by atomic mass is 35.5. The third-order valence-corrected chi connectivity index (χ3v) is 6.26. The molecule has 1 aliphatic rings. The average Bonchev–Trinajstić information content (AvgIpc) is 2.69. The Kier molecular flexibility index (Phi) is 3.48. The number of rotatable bonds is 2. The van der Waals surface area contributed by atoms with Crippen LogP contribution in [-0.2, 0) is 10.0 Å². The van der Waals surface area contributed by atoms with Crippen LogP contribution >= 0.6 is 34.5 Å². The van der Waals surface area contributed by atoms with E-state index in [4.69, 9.17) is 23.2 Å². The zero-order valence-corrected chi connectivity index (χ0v) is 12.1. The van der Waals surface area contributed by atoms with Gasteiger partial charge in [-0.05, 0) is 19.4 Å². The Morgan fingerprint density at radius 3 is 2.59 bits per heavy atom. The van der Waals surface area contributed by atoms with Crippen molar-refractivity contribution in [1.82, 2.24) is 4.31 Å². The van der Waals surface area contributed by atoms with Crippen LogP contribution in [0.3, 0.4) is 0 Å².